The molecule has 170 valence electrons. The lowest BCUT2D eigenvalue weighted by atomic mass is 9.88. The Bertz CT molecular complexity index is 1040. The van der Waals surface area contributed by atoms with Gasteiger partial charge in [-0.3, -0.25) is 9.69 Å². The molecule has 1 unspecified atom stereocenters. The number of carbonyl (C=O) groups is 1. The molecule has 2 aromatic carbocycles. The van der Waals surface area contributed by atoms with E-state index in [1.165, 1.54) is 5.56 Å². The van der Waals surface area contributed by atoms with E-state index in [0.29, 0.717) is 11.1 Å². The number of carbonyl (C=O) groups excluding carboxylic acids is 1. The van der Waals surface area contributed by atoms with E-state index < -0.39 is 0 Å². The van der Waals surface area contributed by atoms with Gasteiger partial charge in [-0.25, -0.2) is 0 Å². The molecule has 1 aliphatic heterocycles. The first-order chi connectivity index (χ1) is 15.0. The van der Waals surface area contributed by atoms with Crippen LogP contribution in [0.3, 0.4) is 0 Å². The molecule has 0 saturated carbocycles. The number of nitriles is 1. The number of amides is 1. The lowest BCUT2D eigenvalue weighted by molar-refractivity contribution is -0.0107. The van der Waals surface area contributed by atoms with E-state index in [1.807, 2.05) is 6.07 Å². The Hall–Kier alpha value is 0.240. The maximum atomic E-state index is 12.9. The normalized spacial score (nSPS) is 21.8. The number of halogens is 4. The lowest BCUT2D eigenvalue weighted by Crippen LogP contribution is -2.47. The third kappa shape index (κ3) is 6.67. The monoisotopic (exact) mass is 881 g/mol. The summed E-state index contributed by atoms with van der Waals surface area (Å²) in [5.74, 6) is 0.310. The molecule has 1 amide bonds. The van der Waals surface area contributed by atoms with Gasteiger partial charge >= 0.3 is 0 Å². The van der Waals surface area contributed by atoms with Crippen LogP contribution in [0.1, 0.15) is 40.9 Å². The minimum Gasteiger partial charge on any atom is -0.392 e. The fourth-order valence-corrected chi connectivity index (χ4v) is 6.33. The van der Waals surface area contributed by atoms with Crippen LogP contribution in [0.15, 0.2) is 36.4 Å². The molecule has 1 fully saturated rings. The minimum absolute atomic E-state index is 0.168. The Morgan fingerprint density at radius 2 is 1.84 bits per heavy atom. The third-order valence-corrected chi connectivity index (χ3v) is 8.30. The van der Waals surface area contributed by atoms with Gasteiger partial charge in [0.25, 0.3) is 5.91 Å². The zero-order valence-electron chi connectivity index (χ0n) is 17.6. The number of nitrogens with zero attached hydrogens (tertiary/aromatic N) is 2. The second-order valence-corrected chi connectivity index (χ2v) is 20.5. The molecular formula is C23H23I4N3O2. The van der Waals surface area contributed by atoms with Gasteiger partial charge in [-0.05, 0) is 144 Å². The van der Waals surface area contributed by atoms with Crippen LogP contribution in [-0.2, 0) is 5.98 Å². The molecule has 3 atom stereocenters. The van der Waals surface area contributed by atoms with E-state index >= 15 is 0 Å². The molecule has 1 aliphatic rings. The third-order valence-electron chi connectivity index (χ3n) is 5.67. The molecule has 0 bridgehead atoms. The summed E-state index contributed by atoms with van der Waals surface area (Å²) in [5.41, 5.74) is 4.23. The number of piperidine rings is 1. The van der Waals surface area contributed by atoms with Crippen LogP contribution in [0.4, 0.5) is 5.69 Å². The van der Waals surface area contributed by atoms with Gasteiger partial charge in [0.2, 0.25) is 0 Å². The summed E-state index contributed by atoms with van der Waals surface area (Å²) in [4.78, 5) is 15.3. The van der Waals surface area contributed by atoms with Crippen molar-refractivity contribution in [2.75, 3.05) is 18.4 Å². The summed E-state index contributed by atoms with van der Waals surface area (Å²) in [6.45, 7) is 6.77. The molecule has 2 aromatic rings. The number of nitrogens with one attached hydrogen (secondary N) is 1. The fourth-order valence-electron chi connectivity index (χ4n) is 4.06. The SMILES string of the molecule is C[C@@H]1CN(Cc2ccc(NC(=O)c3ccc(C#N)cc3I)cc2C(I)(I)I)C[C@H](C)C1O. The van der Waals surface area contributed by atoms with E-state index in [-0.39, 0.29) is 23.3 Å². The van der Waals surface area contributed by atoms with E-state index in [0.717, 1.165) is 34.5 Å². The number of likely N-dealkylation sites (tertiary alicyclic amines) is 1. The smallest absolute Gasteiger partial charge is 0.256 e. The number of alkyl halides is 3. The Kier molecular flexibility index (Phi) is 9.49. The zero-order chi connectivity index (χ0) is 23.6. The van der Waals surface area contributed by atoms with Gasteiger partial charge < -0.3 is 10.4 Å². The van der Waals surface area contributed by atoms with E-state index in [2.05, 4.69) is 133 Å². The summed E-state index contributed by atoms with van der Waals surface area (Å²) >= 11 is 9.35. The molecular weight excluding hydrogens is 858 g/mol. The highest BCUT2D eigenvalue weighted by Gasteiger charge is 2.32. The van der Waals surface area contributed by atoms with E-state index in [4.69, 9.17) is 5.26 Å². The van der Waals surface area contributed by atoms with Gasteiger partial charge in [0.15, 0.2) is 0 Å². The molecule has 0 aromatic heterocycles. The van der Waals surface area contributed by atoms with Gasteiger partial charge in [0.05, 0.1) is 23.3 Å². The molecule has 1 heterocycles. The quantitative estimate of drug-likeness (QED) is 0.274. The number of aliphatic hydroxyl groups is 1. The van der Waals surface area contributed by atoms with Crippen LogP contribution in [-0.4, -0.2) is 35.1 Å². The van der Waals surface area contributed by atoms with Gasteiger partial charge in [0, 0.05) is 28.9 Å². The van der Waals surface area contributed by atoms with Gasteiger partial charge in [-0.1, -0.05) is 19.9 Å². The fraction of sp³-hybridized carbons (Fsp3) is 0.391. The Labute approximate surface area is 243 Å². The van der Waals surface area contributed by atoms with Crippen molar-refractivity contribution in [2.24, 2.45) is 11.8 Å². The Morgan fingerprint density at radius 1 is 1.19 bits per heavy atom. The van der Waals surface area contributed by atoms with Crippen LogP contribution >= 0.6 is 90.4 Å². The summed E-state index contributed by atoms with van der Waals surface area (Å²) in [6.07, 6.45) is -0.244. The van der Waals surface area contributed by atoms with Crippen molar-refractivity contribution >= 4 is 102 Å². The first-order valence-corrected chi connectivity index (χ1v) is 14.4. The highest BCUT2D eigenvalue weighted by Crippen LogP contribution is 2.48. The summed E-state index contributed by atoms with van der Waals surface area (Å²) in [6, 6.07) is 13.3. The van der Waals surface area contributed by atoms with Crippen LogP contribution in [0.2, 0.25) is 0 Å². The van der Waals surface area contributed by atoms with Gasteiger partial charge in [-0.15, -0.1) is 0 Å². The minimum atomic E-state index is -0.244. The average molecular weight is 881 g/mol. The summed E-state index contributed by atoms with van der Waals surface area (Å²) in [5, 5.41) is 22.4. The van der Waals surface area contributed by atoms with Crippen molar-refractivity contribution in [2.45, 2.75) is 25.9 Å². The zero-order valence-corrected chi connectivity index (χ0v) is 26.2. The lowest BCUT2D eigenvalue weighted by Gasteiger charge is -2.39. The maximum absolute atomic E-state index is 12.9. The second-order valence-electron chi connectivity index (χ2n) is 8.27. The topological polar surface area (TPSA) is 76.4 Å². The number of benzene rings is 2. The van der Waals surface area contributed by atoms with Crippen LogP contribution < -0.4 is 5.32 Å². The molecule has 1 saturated heterocycles. The van der Waals surface area contributed by atoms with E-state index in [9.17, 15) is 9.90 Å². The van der Waals surface area contributed by atoms with Crippen molar-refractivity contribution in [3.05, 3.63) is 62.2 Å². The first kappa shape index (κ1) is 26.8. The number of hydrogen-bond acceptors (Lipinski definition) is 4. The largest absolute Gasteiger partial charge is 0.392 e. The second kappa shape index (κ2) is 11.3. The van der Waals surface area contributed by atoms with Crippen molar-refractivity contribution in [3.8, 4) is 6.07 Å². The van der Waals surface area contributed by atoms with E-state index in [1.54, 1.807) is 18.2 Å². The molecule has 32 heavy (non-hydrogen) atoms. The van der Waals surface area contributed by atoms with Crippen LogP contribution in [0.5, 0.6) is 0 Å². The molecule has 0 radical (unpaired) electrons. The van der Waals surface area contributed by atoms with Crippen molar-refractivity contribution in [1.82, 2.24) is 4.90 Å². The number of rotatable bonds is 5. The molecule has 5 nitrogen and oxygen atoms in total. The molecule has 3 rings (SSSR count). The van der Waals surface area contributed by atoms with Crippen LogP contribution in [0, 0.1) is 26.7 Å². The number of hydrogen-bond donors (Lipinski definition) is 2. The Balaban J connectivity index is 1.83. The van der Waals surface area contributed by atoms with Crippen molar-refractivity contribution in [3.63, 3.8) is 0 Å². The predicted octanol–water partition coefficient (Wildman–Crippen LogP) is 6.28. The molecule has 0 spiro atoms. The van der Waals surface area contributed by atoms with Gasteiger partial charge in [-0.2, -0.15) is 5.26 Å². The molecule has 9 heteroatoms. The predicted molar refractivity (Wildman–Crippen MR) is 162 cm³/mol. The van der Waals surface area contributed by atoms with Crippen molar-refractivity contribution in [1.29, 1.82) is 5.26 Å². The number of aliphatic hydroxyl groups excluding tert-OH is 1. The standard InChI is InChI=1S/C23H23I4N3O2/c1-13-10-30(11-14(2)21(13)31)12-16-4-5-17(8-19(16)23(25,26)27)29-22(32)18-6-3-15(9-28)7-20(18)24/h3-8,13-14,21,31H,10-12H2,1-2H3,(H,29,32)/t13-,14+,21?. The van der Waals surface area contributed by atoms with Crippen LogP contribution in [0.25, 0.3) is 0 Å². The average Bonchev–Trinajstić information content (AvgIpc) is 2.72. The highest BCUT2D eigenvalue weighted by atomic mass is 127. The first-order valence-electron chi connectivity index (χ1n) is 10.1. The molecule has 0 aliphatic carbocycles. The van der Waals surface area contributed by atoms with Crippen molar-refractivity contribution < 1.29 is 9.90 Å². The summed E-state index contributed by atoms with van der Waals surface area (Å²) in [7, 11) is 0. The number of anilines is 1. The summed E-state index contributed by atoms with van der Waals surface area (Å²) < 4.78 is 0.580. The maximum Gasteiger partial charge on any atom is 0.256 e. The molecule has 2 N–H and O–H groups in total. The van der Waals surface area contributed by atoms with Gasteiger partial charge in [0.1, 0.15) is -0.565 Å². The Morgan fingerprint density at radius 3 is 2.41 bits per heavy atom. The highest BCUT2D eigenvalue weighted by molar-refractivity contribution is 14.3.